The van der Waals surface area contributed by atoms with Gasteiger partial charge in [0, 0.05) is 23.7 Å². The molecule has 3 heteroatoms. The molecule has 0 aromatic carbocycles. The molecular formula is C8H11ClN2. The molecule has 0 aliphatic rings. The third-order valence-corrected chi connectivity index (χ3v) is 2.17. The second kappa shape index (κ2) is 3.67. The van der Waals surface area contributed by atoms with E-state index in [1.165, 1.54) is 6.33 Å². The monoisotopic (exact) mass is 170 g/mol. The molecule has 2 nitrogen and oxygen atoms in total. The highest BCUT2D eigenvalue weighted by Crippen LogP contribution is 2.20. The van der Waals surface area contributed by atoms with Crippen molar-refractivity contribution < 1.29 is 0 Å². The fraction of sp³-hybridized carbons (Fsp3) is 0.500. The largest absolute Gasteiger partial charge is 0.245 e. The Morgan fingerprint density at radius 1 is 1.27 bits per heavy atom. The van der Waals surface area contributed by atoms with E-state index < -0.39 is 0 Å². The third kappa shape index (κ3) is 2.15. The first-order valence-corrected chi connectivity index (χ1v) is 4.04. The second-order valence-electron chi connectivity index (χ2n) is 2.64. The molecule has 0 saturated carbocycles. The van der Waals surface area contributed by atoms with Crippen molar-refractivity contribution in [1.29, 1.82) is 0 Å². The van der Waals surface area contributed by atoms with Crippen molar-refractivity contribution in [3.8, 4) is 0 Å². The Bertz CT molecular complexity index is 211. The van der Waals surface area contributed by atoms with Crippen LogP contribution in [-0.2, 0) is 0 Å². The first-order valence-electron chi connectivity index (χ1n) is 3.61. The highest BCUT2D eigenvalue weighted by atomic mass is 35.5. The van der Waals surface area contributed by atoms with E-state index >= 15 is 0 Å². The van der Waals surface area contributed by atoms with Gasteiger partial charge in [-0.05, 0) is 12.5 Å². The lowest BCUT2D eigenvalue weighted by Crippen LogP contribution is -2.05. The Morgan fingerprint density at radius 2 is 1.82 bits per heavy atom. The molecule has 0 aliphatic heterocycles. The molecule has 0 radical (unpaired) electrons. The molecule has 0 saturated heterocycles. The third-order valence-electron chi connectivity index (χ3n) is 1.80. The van der Waals surface area contributed by atoms with E-state index in [-0.39, 0.29) is 5.38 Å². The number of halogens is 1. The smallest absolute Gasteiger partial charge is 0.115 e. The molecule has 1 aromatic rings. The minimum Gasteiger partial charge on any atom is -0.245 e. The fourth-order valence-electron chi connectivity index (χ4n) is 0.811. The molecule has 0 amide bonds. The fourth-order valence-corrected chi connectivity index (χ4v) is 0.956. The van der Waals surface area contributed by atoms with E-state index in [0.717, 1.165) is 5.56 Å². The number of aromatic nitrogens is 2. The minimum absolute atomic E-state index is 0.126. The summed E-state index contributed by atoms with van der Waals surface area (Å²) in [6, 6.07) is 0. The molecule has 1 heterocycles. The maximum atomic E-state index is 5.91. The zero-order valence-electron chi connectivity index (χ0n) is 6.66. The van der Waals surface area contributed by atoms with Crippen LogP contribution in [0.4, 0.5) is 0 Å². The predicted octanol–water partition coefficient (Wildman–Crippen LogP) is 2.21. The summed E-state index contributed by atoms with van der Waals surface area (Å²) >= 11 is 5.91. The quantitative estimate of drug-likeness (QED) is 0.636. The summed E-state index contributed by atoms with van der Waals surface area (Å²) in [5.41, 5.74) is 1.09. The molecule has 11 heavy (non-hydrogen) atoms. The van der Waals surface area contributed by atoms with Crippen LogP contribution in [0, 0.1) is 0 Å². The predicted molar refractivity (Wildman–Crippen MR) is 45.8 cm³/mol. The summed E-state index contributed by atoms with van der Waals surface area (Å²) < 4.78 is 0. The molecule has 0 N–H and O–H groups in total. The molecule has 0 spiro atoms. The van der Waals surface area contributed by atoms with Crippen LogP contribution in [0.25, 0.3) is 0 Å². The maximum Gasteiger partial charge on any atom is 0.115 e. The number of alkyl halides is 1. The topological polar surface area (TPSA) is 25.8 Å². The van der Waals surface area contributed by atoms with Crippen molar-refractivity contribution in [2.75, 3.05) is 0 Å². The van der Waals surface area contributed by atoms with E-state index in [2.05, 4.69) is 16.9 Å². The lowest BCUT2D eigenvalue weighted by molar-refractivity contribution is 0.732. The van der Waals surface area contributed by atoms with Crippen LogP contribution in [0.3, 0.4) is 0 Å². The van der Waals surface area contributed by atoms with Gasteiger partial charge in [-0.1, -0.05) is 6.92 Å². The van der Waals surface area contributed by atoms with Crippen molar-refractivity contribution in [3.63, 3.8) is 0 Å². The Balaban J connectivity index is 2.77. The summed E-state index contributed by atoms with van der Waals surface area (Å²) in [4.78, 5) is 7.84. The number of hydrogen-bond acceptors (Lipinski definition) is 2. The van der Waals surface area contributed by atoms with Gasteiger partial charge in [0.25, 0.3) is 0 Å². The van der Waals surface area contributed by atoms with E-state index in [1.807, 2.05) is 6.92 Å². The Labute approximate surface area is 71.6 Å². The molecule has 0 bridgehead atoms. The average Bonchev–Trinajstić information content (AvgIpc) is 2.05. The normalized spacial score (nSPS) is 15.9. The van der Waals surface area contributed by atoms with Gasteiger partial charge in [0.05, 0.1) is 0 Å². The van der Waals surface area contributed by atoms with Gasteiger partial charge in [0.1, 0.15) is 6.33 Å². The van der Waals surface area contributed by atoms with Gasteiger partial charge in [-0.25, -0.2) is 9.97 Å². The van der Waals surface area contributed by atoms with Gasteiger partial charge in [-0.15, -0.1) is 11.6 Å². The second-order valence-corrected chi connectivity index (χ2v) is 3.33. The van der Waals surface area contributed by atoms with Gasteiger partial charge < -0.3 is 0 Å². The van der Waals surface area contributed by atoms with E-state index in [4.69, 9.17) is 11.6 Å². The zero-order valence-corrected chi connectivity index (χ0v) is 7.42. The first-order chi connectivity index (χ1) is 5.22. The molecule has 0 fully saturated rings. The molecule has 1 rings (SSSR count). The minimum atomic E-state index is 0.126. The average molecular weight is 171 g/mol. The van der Waals surface area contributed by atoms with Crippen LogP contribution in [0.2, 0.25) is 0 Å². The van der Waals surface area contributed by atoms with E-state index in [1.54, 1.807) is 12.4 Å². The van der Waals surface area contributed by atoms with E-state index in [9.17, 15) is 0 Å². The highest BCUT2D eigenvalue weighted by Gasteiger charge is 2.11. The van der Waals surface area contributed by atoms with E-state index in [0.29, 0.717) is 5.92 Å². The number of rotatable bonds is 2. The molecule has 2 atom stereocenters. The summed E-state index contributed by atoms with van der Waals surface area (Å²) in [5.74, 6) is 0.317. The maximum absolute atomic E-state index is 5.91. The van der Waals surface area contributed by atoms with Crippen LogP contribution < -0.4 is 0 Å². The van der Waals surface area contributed by atoms with Crippen LogP contribution in [-0.4, -0.2) is 15.3 Å². The van der Waals surface area contributed by atoms with Crippen LogP contribution in [0.5, 0.6) is 0 Å². The summed E-state index contributed by atoms with van der Waals surface area (Å²) in [5, 5.41) is 0.126. The number of nitrogens with zero attached hydrogens (tertiary/aromatic N) is 2. The van der Waals surface area contributed by atoms with Gasteiger partial charge in [0.15, 0.2) is 0 Å². The summed E-state index contributed by atoms with van der Waals surface area (Å²) in [6.07, 6.45) is 5.13. The van der Waals surface area contributed by atoms with Crippen LogP contribution in [0.15, 0.2) is 18.7 Å². The van der Waals surface area contributed by atoms with Crippen LogP contribution in [0.1, 0.15) is 25.3 Å². The summed E-state index contributed by atoms with van der Waals surface area (Å²) in [6.45, 7) is 4.04. The van der Waals surface area contributed by atoms with Crippen LogP contribution >= 0.6 is 11.6 Å². The standard InChI is InChI=1S/C8H11ClN2/c1-6(7(2)9)8-3-10-5-11-4-8/h3-7H,1-2H3. The Morgan fingerprint density at radius 3 is 2.27 bits per heavy atom. The van der Waals surface area contributed by atoms with Crippen molar-refractivity contribution >= 4 is 11.6 Å². The molecule has 1 aromatic heterocycles. The van der Waals surface area contributed by atoms with Crippen molar-refractivity contribution in [2.45, 2.75) is 25.1 Å². The highest BCUT2D eigenvalue weighted by molar-refractivity contribution is 6.20. The number of hydrogen-bond donors (Lipinski definition) is 0. The molecule has 0 aliphatic carbocycles. The van der Waals surface area contributed by atoms with Crippen molar-refractivity contribution in [1.82, 2.24) is 9.97 Å². The van der Waals surface area contributed by atoms with Crippen molar-refractivity contribution in [3.05, 3.63) is 24.3 Å². The SMILES string of the molecule is CC(Cl)C(C)c1cncnc1. The lowest BCUT2D eigenvalue weighted by Gasteiger charge is -2.12. The van der Waals surface area contributed by atoms with Gasteiger partial charge in [0.2, 0.25) is 0 Å². The van der Waals surface area contributed by atoms with Gasteiger partial charge >= 0.3 is 0 Å². The zero-order chi connectivity index (χ0) is 8.27. The Hall–Kier alpha value is -0.630. The summed E-state index contributed by atoms with van der Waals surface area (Å²) in [7, 11) is 0. The van der Waals surface area contributed by atoms with Gasteiger partial charge in [-0.2, -0.15) is 0 Å². The first kappa shape index (κ1) is 8.47. The lowest BCUT2D eigenvalue weighted by atomic mass is 10.0. The van der Waals surface area contributed by atoms with Crippen molar-refractivity contribution in [2.24, 2.45) is 0 Å². The molecule has 2 unspecified atom stereocenters. The molecule has 60 valence electrons. The van der Waals surface area contributed by atoms with Gasteiger partial charge in [-0.3, -0.25) is 0 Å². The molecular weight excluding hydrogens is 160 g/mol. The Kier molecular flexibility index (Phi) is 2.83.